The molecule has 3 rings (SSSR count). The molecular formula is C11H18N4OS. The van der Waals surface area contributed by atoms with Crippen molar-refractivity contribution in [1.29, 1.82) is 0 Å². The maximum Gasteiger partial charge on any atom is 0.239 e. The van der Waals surface area contributed by atoms with Crippen molar-refractivity contribution in [3.05, 3.63) is 11.7 Å². The Labute approximate surface area is 105 Å². The van der Waals surface area contributed by atoms with Gasteiger partial charge in [-0.1, -0.05) is 5.16 Å². The summed E-state index contributed by atoms with van der Waals surface area (Å²) < 4.78 is 5.37. The largest absolute Gasteiger partial charge is 0.338 e. The third-order valence-electron chi connectivity index (χ3n) is 3.26. The summed E-state index contributed by atoms with van der Waals surface area (Å²) in [7, 11) is 0. The van der Waals surface area contributed by atoms with Gasteiger partial charge in [0.1, 0.15) is 0 Å². The van der Waals surface area contributed by atoms with E-state index in [0.717, 1.165) is 44.4 Å². The van der Waals surface area contributed by atoms with Gasteiger partial charge in [-0.05, 0) is 18.6 Å². The first-order chi connectivity index (χ1) is 8.42. The second-order valence-electron chi connectivity index (χ2n) is 4.58. The van der Waals surface area contributed by atoms with E-state index in [-0.39, 0.29) is 0 Å². The Morgan fingerprint density at radius 3 is 3.06 bits per heavy atom. The molecule has 1 N–H and O–H groups in total. The van der Waals surface area contributed by atoms with E-state index in [1.165, 1.54) is 18.6 Å². The second kappa shape index (κ2) is 5.37. The molecule has 0 amide bonds. The quantitative estimate of drug-likeness (QED) is 0.870. The van der Waals surface area contributed by atoms with Crippen LogP contribution in [0.4, 0.5) is 0 Å². The summed E-state index contributed by atoms with van der Waals surface area (Å²) in [4.78, 5) is 6.89. The minimum atomic E-state index is 0.444. The van der Waals surface area contributed by atoms with Crippen LogP contribution in [0.15, 0.2) is 4.52 Å². The van der Waals surface area contributed by atoms with E-state index in [0.29, 0.717) is 5.25 Å². The lowest BCUT2D eigenvalue weighted by Crippen LogP contribution is -2.43. The van der Waals surface area contributed by atoms with E-state index in [1.54, 1.807) is 0 Å². The molecule has 1 atom stereocenters. The minimum absolute atomic E-state index is 0.444. The Balaban J connectivity index is 1.59. The van der Waals surface area contributed by atoms with Gasteiger partial charge < -0.3 is 9.84 Å². The van der Waals surface area contributed by atoms with Crippen molar-refractivity contribution in [3.8, 4) is 0 Å². The molecule has 0 aliphatic carbocycles. The molecule has 2 aliphatic heterocycles. The maximum atomic E-state index is 5.37. The number of aromatic nitrogens is 2. The van der Waals surface area contributed by atoms with Gasteiger partial charge in [-0.25, -0.2) is 0 Å². The van der Waals surface area contributed by atoms with Crippen molar-refractivity contribution in [1.82, 2.24) is 20.4 Å². The number of nitrogens with one attached hydrogen (secondary N) is 1. The standard InChI is InChI=1S/C11H18N4OS/c1-2-9(17-7-1)11-13-10(14-16-11)8-15-5-3-12-4-6-15/h9,12H,1-8H2. The van der Waals surface area contributed by atoms with Crippen LogP contribution in [0.3, 0.4) is 0 Å². The first-order valence-corrected chi connectivity index (χ1v) is 7.34. The minimum Gasteiger partial charge on any atom is -0.338 e. The van der Waals surface area contributed by atoms with Gasteiger partial charge in [-0.3, -0.25) is 4.90 Å². The average molecular weight is 254 g/mol. The molecule has 17 heavy (non-hydrogen) atoms. The first kappa shape index (κ1) is 11.5. The normalized spacial score (nSPS) is 26.5. The fourth-order valence-electron chi connectivity index (χ4n) is 2.30. The van der Waals surface area contributed by atoms with Crippen LogP contribution < -0.4 is 5.32 Å². The van der Waals surface area contributed by atoms with Crippen LogP contribution in [0, 0.1) is 0 Å². The molecule has 0 aromatic carbocycles. The molecule has 0 spiro atoms. The number of hydrogen-bond acceptors (Lipinski definition) is 6. The van der Waals surface area contributed by atoms with E-state index in [4.69, 9.17) is 4.52 Å². The third-order valence-corrected chi connectivity index (χ3v) is 4.63. The fraction of sp³-hybridized carbons (Fsp3) is 0.818. The molecule has 5 nitrogen and oxygen atoms in total. The number of thioether (sulfide) groups is 1. The lowest BCUT2D eigenvalue weighted by atomic mass is 10.2. The predicted octanol–water partition coefficient (Wildman–Crippen LogP) is 1.04. The topological polar surface area (TPSA) is 54.2 Å². The van der Waals surface area contributed by atoms with Gasteiger partial charge >= 0.3 is 0 Å². The molecule has 2 fully saturated rings. The van der Waals surface area contributed by atoms with Gasteiger partial charge in [-0.15, -0.1) is 11.8 Å². The van der Waals surface area contributed by atoms with E-state index < -0.39 is 0 Å². The molecule has 1 unspecified atom stereocenters. The van der Waals surface area contributed by atoms with Crippen LogP contribution in [-0.4, -0.2) is 47.0 Å². The fourth-order valence-corrected chi connectivity index (χ4v) is 3.49. The Hall–Kier alpha value is -0.590. The molecule has 6 heteroatoms. The van der Waals surface area contributed by atoms with E-state index in [9.17, 15) is 0 Å². The van der Waals surface area contributed by atoms with Gasteiger partial charge in [0.15, 0.2) is 5.82 Å². The molecule has 0 saturated carbocycles. The SMILES string of the molecule is C1CSC(c2nc(CN3CCNCC3)no2)C1. The van der Waals surface area contributed by atoms with Crippen molar-refractivity contribution >= 4 is 11.8 Å². The van der Waals surface area contributed by atoms with Gasteiger partial charge in [0, 0.05) is 26.2 Å². The lowest BCUT2D eigenvalue weighted by molar-refractivity contribution is 0.224. The highest BCUT2D eigenvalue weighted by Crippen LogP contribution is 2.38. The van der Waals surface area contributed by atoms with E-state index >= 15 is 0 Å². The monoisotopic (exact) mass is 254 g/mol. The highest BCUT2D eigenvalue weighted by molar-refractivity contribution is 7.99. The Kier molecular flexibility index (Phi) is 3.63. The zero-order valence-corrected chi connectivity index (χ0v) is 10.7. The van der Waals surface area contributed by atoms with Crippen molar-refractivity contribution in [3.63, 3.8) is 0 Å². The average Bonchev–Trinajstić information content (AvgIpc) is 3.00. The summed E-state index contributed by atoms with van der Waals surface area (Å²) in [6.45, 7) is 5.08. The Bertz CT molecular complexity index is 358. The van der Waals surface area contributed by atoms with Crippen molar-refractivity contribution in [2.45, 2.75) is 24.6 Å². The molecular weight excluding hydrogens is 236 g/mol. The number of nitrogens with zero attached hydrogens (tertiary/aromatic N) is 3. The van der Waals surface area contributed by atoms with Crippen LogP contribution in [0.25, 0.3) is 0 Å². The van der Waals surface area contributed by atoms with Crippen molar-refractivity contribution in [2.24, 2.45) is 0 Å². The summed E-state index contributed by atoms with van der Waals surface area (Å²) in [6.07, 6.45) is 2.45. The highest BCUT2D eigenvalue weighted by Gasteiger charge is 2.24. The summed E-state index contributed by atoms with van der Waals surface area (Å²) in [5.74, 6) is 2.90. The van der Waals surface area contributed by atoms with E-state index in [2.05, 4.69) is 20.4 Å². The molecule has 0 bridgehead atoms. The Morgan fingerprint density at radius 2 is 2.29 bits per heavy atom. The predicted molar refractivity (Wildman–Crippen MR) is 66.9 cm³/mol. The number of piperazine rings is 1. The lowest BCUT2D eigenvalue weighted by Gasteiger charge is -2.25. The number of hydrogen-bond donors (Lipinski definition) is 1. The zero-order valence-electron chi connectivity index (χ0n) is 9.89. The molecule has 2 aliphatic rings. The van der Waals surface area contributed by atoms with Crippen molar-refractivity contribution in [2.75, 3.05) is 31.9 Å². The molecule has 1 aromatic heterocycles. The van der Waals surface area contributed by atoms with Crippen LogP contribution >= 0.6 is 11.8 Å². The van der Waals surface area contributed by atoms with Gasteiger partial charge in [-0.2, -0.15) is 4.98 Å². The number of rotatable bonds is 3. The van der Waals surface area contributed by atoms with Gasteiger partial charge in [0.05, 0.1) is 11.8 Å². The first-order valence-electron chi connectivity index (χ1n) is 6.29. The molecule has 0 radical (unpaired) electrons. The summed E-state index contributed by atoms with van der Waals surface area (Å²) in [5.41, 5.74) is 0. The summed E-state index contributed by atoms with van der Waals surface area (Å²) in [5, 5.41) is 7.88. The zero-order chi connectivity index (χ0) is 11.5. The highest BCUT2D eigenvalue weighted by atomic mass is 32.2. The molecule has 1 aromatic rings. The van der Waals surface area contributed by atoms with Crippen LogP contribution in [0.2, 0.25) is 0 Å². The molecule has 94 valence electrons. The van der Waals surface area contributed by atoms with Crippen LogP contribution in [0.1, 0.15) is 29.8 Å². The van der Waals surface area contributed by atoms with Crippen LogP contribution in [-0.2, 0) is 6.54 Å². The maximum absolute atomic E-state index is 5.37. The second-order valence-corrected chi connectivity index (χ2v) is 5.89. The Morgan fingerprint density at radius 1 is 1.41 bits per heavy atom. The van der Waals surface area contributed by atoms with Crippen molar-refractivity contribution < 1.29 is 4.52 Å². The van der Waals surface area contributed by atoms with Gasteiger partial charge in [0.2, 0.25) is 5.89 Å². The molecule has 2 saturated heterocycles. The summed E-state index contributed by atoms with van der Waals surface area (Å²) >= 11 is 1.94. The molecule has 3 heterocycles. The van der Waals surface area contributed by atoms with E-state index in [1.807, 2.05) is 11.8 Å². The smallest absolute Gasteiger partial charge is 0.239 e. The summed E-state index contributed by atoms with van der Waals surface area (Å²) in [6, 6.07) is 0. The van der Waals surface area contributed by atoms with Gasteiger partial charge in [0.25, 0.3) is 0 Å². The van der Waals surface area contributed by atoms with Crippen LogP contribution in [0.5, 0.6) is 0 Å². The third kappa shape index (κ3) is 2.81.